The molecule has 2 rings (SSSR count). The van der Waals surface area contributed by atoms with Gasteiger partial charge in [-0.1, -0.05) is 12.1 Å². The van der Waals surface area contributed by atoms with Crippen LogP contribution in [0.15, 0.2) is 48.5 Å². The number of halogens is 2. The zero-order valence-corrected chi connectivity index (χ0v) is 13.9. The van der Waals surface area contributed by atoms with Crippen LogP contribution in [0, 0.1) is 6.92 Å². The Kier molecular flexibility index (Phi) is 6.90. The van der Waals surface area contributed by atoms with Gasteiger partial charge in [0.25, 0.3) is 5.91 Å². The number of benzene rings is 2. The number of carbonyl (C=O) groups excluding carboxylic acids is 2. The van der Waals surface area contributed by atoms with Crippen LogP contribution >= 0.6 is 0 Å². The van der Waals surface area contributed by atoms with E-state index >= 15 is 0 Å². The van der Waals surface area contributed by atoms with Crippen LogP contribution in [-0.2, 0) is 14.3 Å². The van der Waals surface area contributed by atoms with Crippen LogP contribution < -0.4 is 14.8 Å². The van der Waals surface area contributed by atoms with E-state index in [1.54, 1.807) is 18.2 Å². The number of anilines is 1. The number of carbonyl (C=O) groups is 2. The van der Waals surface area contributed by atoms with Gasteiger partial charge in [-0.3, -0.25) is 4.79 Å². The van der Waals surface area contributed by atoms with E-state index in [1.807, 2.05) is 13.0 Å². The minimum atomic E-state index is -2.92. The van der Waals surface area contributed by atoms with Crippen LogP contribution in [-0.4, -0.2) is 31.7 Å². The molecule has 0 spiro atoms. The Morgan fingerprint density at radius 1 is 1.04 bits per heavy atom. The molecule has 0 saturated carbocycles. The summed E-state index contributed by atoms with van der Waals surface area (Å²) in [7, 11) is 0. The highest BCUT2D eigenvalue weighted by Gasteiger charge is 2.10. The first kappa shape index (κ1) is 19.2. The largest absolute Gasteiger partial charge is 0.482 e. The van der Waals surface area contributed by atoms with E-state index in [0.29, 0.717) is 11.4 Å². The average molecular weight is 365 g/mol. The first-order valence-corrected chi connectivity index (χ1v) is 7.62. The topological polar surface area (TPSA) is 73.9 Å². The SMILES string of the molecule is Cc1cccc(OCC(=O)OCC(=O)Nc2ccc(OC(F)F)cc2)c1. The molecule has 6 nitrogen and oxygen atoms in total. The molecule has 0 heterocycles. The minimum absolute atomic E-state index is 0.0299. The third-order valence-electron chi connectivity index (χ3n) is 3.07. The molecule has 2 aromatic carbocycles. The van der Waals surface area contributed by atoms with Crippen molar-refractivity contribution in [3.63, 3.8) is 0 Å². The van der Waals surface area contributed by atoms with E-state index < -0.39 is 25.1 Å². The van der Waals surface area contributed by atoms with E-state index in [2.05, 4.69) is 10.1 Å². The van der Waals surface area contributed by atoms with Crippen molar-refractivity contribution in [1.82, 2.24) is 0 Å². The zero-order valence-electron chi connectivity index (χ0n) is 13.9. The molecule has 138 valence electrons. The molecule has 0 aliphatic heterocycles. The summed E-state index contributed by atoms with van der Waals surface area (Å²) >= 11 is 0. The van der Waals surface area contributed by atoms with Gasteiger partial charge in [0.05, 0.1) is 0 Å². The first-order chi connectivity index (χ1) is 12.4. The molecule has 0 radical (unpaired) electrons. The highest BCUT2D eigenvalue weighted by atomic mass is 19.3. The Morgan fingerprint density at radius 2 is 1.77 bits per heavy atom. The van der Waals surface area contributed by atoms with Crippen LogP contribution in [0.1, 0.15) is 5.56 Å². The molecule has 1 amide bonds. The fourth-order valence-electron chi connectivity index (χ4n) is 1.95. The summed E-state index contributed by atoms with van der Waals surface area (Å²) in [5.41, 5.74) is 1.34. The second-order valence-corrected chi connectivity index (χ2v) is 5.22. The second kappa shape index (κ2) is 9.36. The van der Waals surface area contributed by atoms with Crippen LogP contribution in [0.25, 0.3) is 0 Å². The standard InChI is InChI=1S/C18H17F2NO5/c1-12-3-2-4-15(9-12)24-11-17(23)25-10-16(22)21-13-5-7-14(8-6-13)26-18(19)20/h2-9,18H,10-11H2,1H3,(H,21,22). The number of nitrogens with one attached hydrogen (secondary N) is 1. The number of aryl methyl sites for hydroxylation is 1. The maximum absolute atomic E-state index is 12.0. The maximum atomic E-state index is 12.0. The summed E-state index contributed by atoms with van der Waals surface area (Å²) in [6.45, 7) is -1.85. The molecule has 0 aliphatic carbocycles. The highest BCUT2D eigenvalue weighted by molar-refractivity contribution is 5.92. The van der Waals surface area contributed by atoms with Crippen molar-refractivity contribution in [2.45, 2.75) is 13.5 Å². The number of hydrogen-bond acceptors (Lipinski definition) is 5. The van der Waals surface area contributed by atoms with Gasteiger partial charge in [0.2, 0.25) is 0 Å². The van der Waals surface area contributed by atoms with Crippen molar-refractivity contribution >= 4 is 17.6 Å². The molecule has 2 aromatic rings. The third kappa shape index (κ3) is 6.76. The van der Waals surface area contributed by atoms with Crippen molar-refractivity contribution in [1.29, 1.82) is 0 Å². The Bertz CT molecular complexity index is 750. The summed E-state index contributed by atoms with van der Waals surface area (Å²) in [5, 5.41) is 2.46. The van der Waals surface area contributed by atoms with E-state index in [0.717, 1.165) is 5.56 Å². The number of rotatable bonds is 8. The molecule has 0 bridgehead atoms. The molecule has 0 fully saturated rings. The van der Waals surface area contributed by atoms with Crippen molar-refractivity contribution in [2.24, 2.45) is 0 Å². The maximum Gasteiger partial charge on any atom is 0.387 e. The molecule has 0 aromatic heterocycles. The predicted molar refractivity (Wildman–Crippen MR) is 89.3 cm³/mol. The quantitative estimate of drug-likeness (QED) is 0.728. The van der Waals surface area contributed by atoms with E-state index in [9.17, 15) is 18.4 Å². The molecule has 26 heavy (non-hydrogen) atoms. The average Bonchev–Trinajstić information content (AvgIpc) is 2.59. The molecular formula is C18H17F2NO5. The lowest BCUT2D eigenvalue weighted by Crippen LogP contribution is -2.23. The number of alkyl halides is 2. The molecule has 8 heteroatoms. The van der Waals surface area contributed by atoms with Gasteiger partial charge < -0.3 is 19.5 Å². The summed E-state index contributed by atoms with van der Waals surface area (Å²) in [6, 6.07) is 12.5. The number of ether oxygens (including phenoxy) is 3. The van der Waals surface area contributed by atoms with Crippen molar-refractivity contribution in [3.8, 4) is 11.5 Å². The molecule has 0 unspecified atom stereocenters. The van der Waals surface area contributed by atoms with Gasteiger partial charge >= 0.3 is 12.6 Å². The van der Waals surface area contributed by atoms with E-state index in [-0.39, 0.29) is 12.4 Å². The summed E-state index contributed by atoms with van der Waals surface area (Å²) < 4.78 is 38.4. The number of hydrogen-bond donors (Lipinski definition) is 1. The van der Waals surface area contributed by atoms with Crippen LogP contribution in [0.2, 0.25) is 0 Å². The Hall–Kier alpha value is -3.16. The van der Waals surface area contributed by atoms with Crippen LogP contribution in [0.4, 0.5) is 14.5 Å². The molecule has 0 saturated heterocycles. The Morgan fingerprint density at radius 3 is 2.42 bits per heavy atom. The molecular weight excluding hydrogens is 348 g/mol. The predicted octanol–water partition coefficient (Wildman–Crippen LogP) is 3.16. The number of amides is 1. The lowest BCUT2D eigenvalue weighted by molar-refractivity contribution is -0.149. The fourth-order valence-corrected chi connectivity index (χ4v) is 1.95. The van der Waals surface area contributed by atoms with Gasteiger partial charge in [0.1, 0.15) is 11.5 Å². The van der Waals surface area contributed by atoms with E-state index in [1.165, 1.54) is 24.3 Å². The van der Waals surface area contributed by atoms with Crippen LogP contribution in [0.5, 0.6) is 11.5 Å². The van der Waals surface area contributed by atoms with Gasteiger partial charge in [0, 0.05) is 5.69 Å². The van der Waals surface area contributed by atoms with Gasteiger partial charge in [-0.05, 0) is 48.9 Å². The smallest absolute Gasteiger partial charge is 0.387 e. The summed E-state index contributed by atoms with van der Waals surface area (Å²) in [5.74, 6) is -0.769. The number of esters is 1. The zero-order chi connectivity index (χ0) is 18.9. The van der Waals surface area contributed by atoms with Crippen LogP contribution in [0.3, 0.4) is 0 Å². The summed E-state index contributed by atoms with van der Waals surface area (Å²) in [4.78, 5) is 23.3. The third-order valence-corrected chi connectivity index (χ3v) is 3.07. The van der Waals surface area contributed by atoms with Gasteiger partial charge in [-0.25, -0.2) is 4.79 Å². The molecule has 0 aliphatic rings. The lowest BCUT2D eigenvalue weighted by atomic mass is 10.2. The van der Waals surface area contributed by atoms with Crippen molar-refractivity contribution in [3.05, 3.63) is 54.1 Å². The Balaban J connectivity index is 1.71. The second-order valence-electron chi connectivity index (χ2n) is 5.22. The lowest BCUT2D eigenvalue weighted by Gasteiger charge is -2.09. The van der Waals surface area contributed by atoms with E-state index in [4.69, 9.17) is 9.47 Å². The van der Waals surface area contributed by atoms with Gasteiger partial charge in [0.15, 0.2) is 13.2 Å². The molecule has 0 atom stereocenters. The van der Waals surface area contributed by atoms with Crippen molar-refractivity contribution < 1.29 is 32.6 Å². The van der Waals surface area contributed by atoms with Gasteiger partial charge in [-0.2, -0.15) is 8.78 Å². The minimum Gasteiger partial charge on any atom is -0.482 e. The van der Waals surface area contributed by atoms with Gasteiger partial charge in [-0.15, -0.1) is 0 Å². The normalized spacial score (nSPS) is 10.3. The summed E-state index contributed by atoms with van der Waals surface area (Å²) in [6.07, 6.45) is 0. The monoisotopic (exact) mass is 365 g/mol. The fraction of sp³-hybridized carbons (Fsp3) is 0.222. The first-order valence-electron chi connectivity index (χ1n) is 7.62. The molecule has 1 N–H and O–H groups in total. The van der Waals surface area contributed by atoms with Crippen molar-refractivity contribution in [2.75, 3.05) is 18.5 Å². The Labute approximate surface area is 148 Å². The highest BCUT2D eigenvalue weighted by Crippen LogP contribution is 2.17.